The molecule has 0 atom stereocenters. The van der Waals surface area contributed by atoms with Crippen molar-refractivity contribution in [3.63, 3.8) is 0 Å². The first-order valence-electron chi connectivity index (χ1n) is 8.84. The van der Waals surface area contributed by atoms with E-state index >= 15 is 0 Å². The molecule has 4 aromatic rings. The fourth-order valence-electron chi connectivity index (χ4n) is 2.85. The molecule has 9 heteroatoms. The van der Waals surface area contributed by atoms with Crippen LogP contribution in [-0.4, -0.2) is 26.2 Å². The topological polar surface area (TPSA) is 76.9 Å². The van der Waals surface area contributed by atoms with Crippen molar-refractivity contribution in [1.82, 2.24) is 14.5 Å². The highest BCUT2D eigenvalue weighted by molar-refractivity contribution is 7.99. The largest absolute Gasteiger partial charge is 0.323 e. The van der Waals surface area contributed by atoms with E-state index in [1.54, 1.807) is 60.7 Å². The van der Waals surface area contributed by atoms with E-state index in [4.69, 9.17) is 23.2 Å². The molecule has 0 unspecified atom stereocenters. The third kappa shape index (κ3) is 4.18. The number of pyridine rings is 1. The molecular weight excluding hydrogens is 443 g/mol. The highest BCUT2D eigenvalue weighted by atomic mass is 35.5. The molecule has 0 saturated heterocycles. The average Bonchev–Trinajstić information content (AvgIpc) is 2.75. The molecule has 1 N–H and O–H groups in total. The number of amides is 1. The molecule has 30 heavy (non-hydrogen) atoms. The van der Waals surface area contributed by atoms with Gasteiger partial charge in [-0.25, -0.2) is 9.97 Å². The molecule has 2 aromatic carbocycles. The van der Waals surface area contributed by atoms with Gasteiger partial charge >= 0.3 is 0 Å². The number of para-hydroxylation sites is 2. The highest BCUT2D eigenvalue weighted by Crippen LogP contribution is 2.26. The normalized spacial score (nSPS) is 10.9. The molecule has 1 amide bonds. The van der Waals surface area contributed by atoms with Crippen LogP contribution in [-0.2, 0) is 4.79 Å². The first-order valence-corrected chi connectivity index (χ1v) is 10.6. The summed E-state index contributed by atoms with van der Waals surface area (Å²) in [7, 11) is 0. The molecule has 2 aromatic heterocycles. The molecule has 0 aliphatic rings. The molecule has 150 valence electrons. The maximum absolute atomic E-state index is 13.2. The van der Waals surface area contributed by atoms with E-state index < -0.39 is 0 Å². The number of hydrogen-bond donors (Lipinski definition) is 1. The van der Waals surface area contributed by atoms with Crippen LogP contribution in [0.4, 0.5) is 5.69 Å². The van der Waals surface area contributed by atoms with Crippen molar-refractivity contribution in [2.75, 3.05) is 11.1 Å². The summed E-state index contributed by atoms with van der Waals surface area (Å²) in [5.41, 5.74) is 1.20. The smallest absolute Gasteiger partial charge is 0.266 e. The second kappa shape index (κ2) is 8.87. The van der Waals surface area contributed by atoms with Crippen LogP contribution in [0.3, 0.4) is 0 Å². The molecule has 0 aliphatic carbocycles. The van der Waals surface area contributed by atoms with Gasteiger partial charge in [0, 0.05) is 6.20 Å². The van der Waals surface area contributed by atoms with Gasteiger partial charge in [0.25, 0.3) is 5.56 Å². The van der Waals surface area contributed by atoms with Crippen LogP contribution in [0.5, 0.6) is 0 Å². The summed E-state index contributed by atoms with van der Waals surface area (Å²) in [6.07, 6.45) is 1.54. The second-order valence-electron chi connectivity index (χ2n) is 6.18. The van der Waals surface area contributed by atoms with Crippen LogP contribution in [0, 0.1) is 0 Å². The van der Waals surface area contributed by atoms with E-state index in [-0.39, 0.29) is 22.4 Å². The van der Waals surface area contributed by atoms with E-state index in [9.17, 15) is 9.59 Å². The fraction of sp³-hybridized carbons (Fsp3) is 0.0476. The molecular formula is C21H14Cl2N4O2S. The second-order valence-corrected chi connectivity index (χ2v) is 7.89. The summed E-state index contributed by atoms with van der Waals surface area (Å²) in [5.74, 6) is -0.288. The number of thioether (sulfide) groups is 1. The number of halogens is 2. The Balaban J connectivity index is 1.70. The molecule has 0 radical (unpaired) electrons. The molecule has 6 nitrogen and oxygen atoms in total. The van der Waals surface area contributed by atoms with Crippen molar-refractivity contribution in [3.05, 3.63) is 87.4 Å². The van der Waals surface area contributed by atoms with Crippen LogP contribution in [0.1, 0.15) is 0 Å². The van der Waals surface area contributed by atoms with E-state index in [0.29, 0.717) is 32.5 Å². The Morgan fingerprint density at radius 3 is 2.60 bits per heavy atom. The standard InChI is InChI=1S/C21H14Cl2N4O2S/c22-14-7-2-4-10-17(14)27-20(29)13-6-1-3-8-15(13)26-21(27)30-12-18(28)25-16-9-5-11-24-19(16)23/h1-11H,12H2,(H,25,28). The van der Waals surface area contributed by atoms with E-state index in [1.165, 1.54) is 10.8 Å². The number of carbonyl (C=O) groups excluding carboxylic acids is 1. The highest BCUT2D eigenvalue weighted by Gasteiger charge is 2.16. The van der Waals surface area contributed by atoms with Gasteiger partial charge in [-0.2, -0.15) is 0 Å². The fourth-order valence-corrected chi connectivity index (χ4v) is 4.04. The molecule has 0 spiro atoms. The first kappa shape index (κ1) is 20.4. The van der Waals surface area contributed by atoms with Crippen molar-refractivity contribution in [2.24, 2.45) is 0 Å². The summed E-state index contributed by atoms with van der Waals surface area (Å²) in [6.45, 7) is 0. The Kier molecular flexibility index (Phi) is 6.03. The van der Waals surface area contributed by atoms with Crippen molar-refractivity contribution < 1.29 is 4.79 Å². The Morgan fingerprint density at radius 2 is 1.80 bits per heavy atom. The number of rotatable bonds is 5. The Hall–Kier alpha value is -2.87. The van der Waals surface area contributed by atoms with Crippen LogP contribution >= 0.6 is 35.0 Å². The summed E-state index contributed by atoms with van der Waals surface area (Å²) >= 11 is 13.5. The molecule has 0 aliphatic heterocycles. The van der Waals surface area contributed by atoms with Crippen LogP contribution in [0.25, 0.3) is 16.6 Å². The average molecular weight is 457 g/mol. The zero-order valence-electron chi connectivity index (χ0n) is 15.4. The van der Waals surface area contributed by atoms with Crippen LogP contribution in [0.15, 0.2) is 76.8 Å². The predicted octanol–water partition coefficient (Wildman–Crippen LogP) is 4.82. The predicted molar refractivity (Wildman–Crippen MR) is 121 cm³/mol. The summed E-state index contributed by atoms with van der Waals surface area (Å²) in [6, 6.07) is 17.4. The zero-order chi connectivity index (χ0) is 21.1. The zero-order valence-corrected chi connectivity index (χ0v) is 17.7. The van der Waals surface area contributed by atoms with Gasteiger partial charge < -0.3 is 5.32 Å². The lowest BCUT2D eigenvalue weighted by Crippen LogP contribution is -2.23. The summed E-state index contributed by atoms with van der Waals surface area (Å²) < 4.78 is 1.43. The minimum absolute atomic E-state index is 0.0143. The number of nitrogens with zero attached hydrogens (tertiary/aromatic N) is 3. The lowest BCUT2D eigenvalue weighted by molar-refractivity contribution is -0.113. The van der Waals surface area contributed by atoms with E-state index in [0.717, 1.165) is 11.8 Å². The van der Waals surface area contributed by atoms with Crippen LogP contribution in [0.2, 0.25) is 10.2 Å². The SMILES string of the molecule is O=C(CSc1nc2ccccc2c(=O)n1-c1ccccc1Cl)Nc1cccnc1Cl. The molecule has 2 heterocycles. The minimum atomic E-state index is -0.303. The van der Waals surface area contributed by atoms with Gasteiger partial charge in [-0.15, -0.1) is 0 Å². The Labute approximate surface area is 185 Å². The quantitative estimate of drug-likeness (QED) is 0.264. The lowest BCUT2D eigenvalue weighted by atomic mass is 10.2. The van der Waals surface area contributed by atoms with E-state index in [2.05, 4.69) is 15.3 Å². The molecule has 4 rings (SSSR count). The third-order valence-corrected chi connectivity index (χ3v) is 5.76. The first-order chi connectivity index (χ1) is 14.5. The number of carbonyl (C=O) groups is 1. The maximum atomic E-state index is 13.2. The number of fused-ring (bicyclic) bond motifs is 1. The van der Waals surface area contributed by atoms with Gasteiger partial charge in [0.1, 0.15) is 0 Å². The van der Waals surface area contributed by atoms with Gasteiger partial charge in [-0.3, -0.25) is 14.2 Å². The monoisotopic (exact) mass is 456 g/mol. The van der Waals surface area contributed by atoms with Crippen LogP contribution < -0.4 is 10.9 Å². The Bertz CT molecular complexity index is 1310. The van der Waals surface area contributed by atoms with Crippen molar-refractivity contribution >= 4 is 57.5 Å². The summed E-state index contributed by atoms with van der Waals surface area (Å²) in [5, 5.41) is 4.14. The van der Waals surface area contributed by atoms with E-state index in [1.807, 2.05) is 0 Å². The van der Waals surface area contributed by atoms with Gasteiger partial charge in [0.15, 0.2) is 10.3 Å². The third-order valence-electron chi connectivity index (χ3n) is 4.20. The number of aromatic nitrogens is 3. The number of hydrogen-bond acceptors (Lipinski definition) is 5. The van der Waals surface area contributed by atoms with Gasteiger partial charge in [-0.05, 0) is 36.4 Å². The minimum Gasteiger partial charge on any atom is -0.323 e. The molecule has 0 fully saturated rings. The number of anilines is 1. The van der Waals surface area contributed by atoms with Crippen molar-refractivity contribution in [3.8, 4) is 5.69 Å². The Morgan fingerprint density at radius 1 is 1.03 bits per heavy atom. The maximum Gasteiger partial charge on any atom is 0.266 e. The van der Waals surface area contributed by atoms with Gasteiger partial charge in [-0.1, -0.05) is 59.2 Å². The number of nitrogens with one attached hydrogen (secondary N) is 1. The number of benzene rings is 2. The molecule has 0 saturated carbocycles. The molecule has 0 bridgehead atoms. The van der Waals surface area contributed by atoms with Crippen molar-refractivity contribution in [2.45, 2.75) is 5.16 Å². The summed E-state index contributed by atoms with van der Waals surface area (Å²) in [4.78, 5) is 34.2. The van der Waals surface area contributed by atoms with Gasteiger partial charge in [0.05, 0.1) is 33.1 Å². The van der Waals surface area contributed by atoms with Crippen molar-refractivity contribution in [1.29, 1.82) is 0 Å². The van der Waals surface area contributed by atoms with Gasteiger partial charge in [0.2, 0.25) is 5.91 Å². The lowest BCUT2D eigenvalue weighted by Gasteiger charge is -2.14.